The first-order valence-corrected chi connectivity index (χ1v) is 9.41. The number of ketones is 1. The monoisotopic (exact) mass is 374 g/mol. The molecule has 0 radical (unpaired) electrons. The molecule has 28 heavy (non-hydrogen) atoms. The number of hydrogen-bond acceptors (Lipinski definition) is 4. The van der Waals surface area contributed by atoms with Crippen LogP contribution in [0.3, 0.4) is 0 Å². The van der Waals surface area contributed by atoms with Gasteiger partial charge in [-0.25, -0.2) is 4.39 Å². The van der Waals surface area contributed by atoms with Gasteiger partial charge < -0.3 is 9.84 Å². The van der Waals surface area contributed by atoms with Crippen LogP contribution in [0.2, 0.25) is 0 Å². The number of Topliss-reactive ketones (excluding diaryl/α,β-unsaturated/α-hetero) is 1. The number of benzene rings is 2. The molecule has 5 rings (SSSR count). The highest BCUT2D eigenvalue weighted by Crippen LogP contribution is 2.48. The fourth-order valence-electron chi connectivity index (χ4n) is 4.45. The second-order valence-electron chi connectivity index (χ2n) is 7.46. The summed E-state index contributed by atoms with van der Waals surface area (Å²) in [7, 11) is 0. The molecule has 0 saturated carbocycles. The van der Waals surface area contributed by atoms with Crippen molar-refractivity contribution >= 4 is 11.7 Å². The number of hydrogen-bond donors (Lipinski definition) is 1. The fourth-order valence-corrected chi connectivity index (χ4v) is 4.45. The topological polar surface area (TPSA) is 55.1 Å². The molecule has 5 heteroatoms. The zero-order valence-electron chi connectivity index (χ0n) is 15.4. The average molecular weight is 374 g/mol. The molecule has 0 spiro atoms. The third-order valence-corrected chi connectivity index (χ3v) is 5.71. The van der Waals surface area contributed by atoms with Crippen LogP contribution in [0.4, 0.5) is 10.3 Å². The lowest BCUT2D eigenvalue weighted by atomic mass is 9.72. The van der Waals surface area contributed by atoms with Gasteiger partial charge in [-0.1, -0.05) is 47.6 Å². The number of nitrogens with one attached hydrogen (secondary N) is 1. The molecule has 2 heterocycles. The predicted octanol–water partition coefficient (Wildman–Crippen LogP) is 5.08. The van der Waals surface area contributed by atoms with Crippen molar-refractivity contribution in [1.82, 2.24) is 5.16 Å². The van der Waals surface area contributed by atoms with E-state index < -0.39 is 0 Å². The van der Waals surface area contributed by atoms with E-state index in [4.69, 9.17) is 4.52 Å². The van der Waals surface area contributed by atoms with Gasteiger partial charge in [-0.15, -0.1) is 0 Å². The second kappa shape index (κ2) is 6.44. The van der Waals surface area contributed by atoms with Crippen LogP contribution < -0.4 is 5.32 Å². The molecule has 1 aliphatic heterocycles. The van der Waals surface area contributed by atoms with Gasteiger partial charge in [0.25, 0.3) is 0 Å². The average Bonchev–Trinajstić information content (AvgIpc) is 3.07. The van der Waals surface area contributed by atoms with E-state index in [0.717, 1.165) is 22.4 Å². The molecule has 1 aliphatic carbocycles. The minimum absolute atomic E-state index is 0.0862. The van der Waals surface area contributed by atoms with Crippen LogP contribution >= 0.6 is 0 Å². The van der Waals surface area contributed by atoms with Crippen molar-refractivity contribution in [3.63, 3.8) is 0 Å². The minimum Gasteiger partial charge on any atom is -0.338 e. The number of rotatable bonds is 2. The first kappa shape index (κ1) is 16.9. The lowest BCUT2D eigenvalue weighted by Gasteiger charge is -2.34. The van der Waals surface area contributed by atoms with Crippen LogP contribution in [-0.2, 0) is 4.79 Å². The maximum Gasteiger partial charge on any atom is 0.233 e. The fraction of sp³-hybridized carbons (Fsp3) is 0.217. The van der Waals surface area contributed by atoms with Crippen molar-refractivity contribution in [3.8, 4) is 0 Å². The van der Waals surface area contributed by atoms with Crippen molar-refractivity contribution in [2.75, 3.05) is 5.32 Å². The highest BCUT2D eigenvalue weighted by molar-refractivity contribution is 6.01. The Bertz CT molecular complexity index is 1100. The number of nitrogens with zero attached hydrogens (tertiary/aromatic N) is 1. The second-order valence-corrected chi connectivity index (χ2v) is 7.46. The summed E-state index contributed by atoms with van der Waals surface area (Å²) in [5, 5.41) is 7.39. The molecule has 3 aromatic rings. The van der Waals surface area contributed by atoms with Gasteiger partial charge in [0.2, 0.25) is 5.88 Å². The van der Waals surface area contributed by atoms with E-state index in [1.54, 1.807) is 6.07 Å². The largest absolute Gasteiger partial charge is 0.338 e. The molecular formula is C23H19FN2O2. The first-order valence-electron chi connectivity index (χ1n) is 9.41. The van der Waals surface area contributed by atoms with Crippen molar-refractivity contribution in [2.45, 2.75) is 31.6 Å². The lowest BCUT2D eigenvalue weighted by Crippen LogP contribution is -2.29. The summed E-state index contributed by atoms with van der Waals surface area (Å²) in [6.07, 6.45) is 1.14. The van der Waals surface area contributed by atoms with Crippen molar-refractivity contribution in [2.24, 2.45) is 0 Å². The maximum atomic E-state index is 14.0. The Labute approximate surface area is 162 Å². The SMILES string of the molecule is Cc1noc2c1[C@@H](c1cccc(F)c1)C1=C(C[C@H](c3ccccc3)CC1=O)N2. The van der Waals surface area contributed by atoms with E-state index in [0.29, 0.717) is 30.0 Å². The van der Waals surface area contributed by atoms with E-state index >= 15 is 0 Å². The number of halogens is 1. The van der Waals surface area contributed by atoms with Crippen molar-refractivity contribution in [3.05, 3.63) is 94.1 Å². The van der Waals surface area contributed by atoms with Crippen LogP contribution in [0.1, 0.15) is 47.1 Å². The molecule has 0 fully saturated rings. The standard InChI is InChI=1S/C23H19FN2O2/c1-13-20-21(15-8-5-9-17(24)10-15)22-18(25-23(20)28-26-13)11-16(12-19(22)27)14-6-3-2-4-7-14/h2-10,16,21,25H,11-12H2,1H3/t16-,21+/m0/s1. The third-order valence-electron chi connectivity index (χ3n) is 5.71. The summed E-state index contributed by atoms with van der Waals surface area (Å²) < 4.78 is 19.5. The minimum atomic E-state index is -0.363. The number of carbonyl (C=O) groups excluding carboxylic acids is 1. The quantitative estimate of drug-likeness (QED) is 0.680. The highest BCUT2D eigenvalue weighted by atomic mass is 19.1. The molecule has 1 N–H and O–H groups in total. The molecule has 2 aromatic carbocycles. The van der Waals surface area contributed by atoms with Crippen LogP contribution in [0.25, 0.3) is 0 Å². The van der Waals surface area contributed by atoms with Crippen LogP contribution in [0.5, 0.6) is 0 Å². The molecule has 0 bridgehead atoms. The number of aromatic nitrogens is 1. The summed E-state index contributed by atoms with van der Waals surface area (Å²) in [6, 6.07) is 16.5. The molecule has 140 valence electrons. The Hall–Kier alpha value is -3.21. The molecule has 2 atom stereocenters. The number of carbonyl (C=O) groups is 1. The van der Waals surface area contributed by atoms with E-state index in [-0.39, 0.29) is 23.4 Å². The Morgan fingerprint density at radius 2 is 1.86 bits per heavy atom. The van der Waals surface area contributed by atoms with Gasteiger partial charge in [0.05, 0.1) is 11.3 Å². The van der Waals surface area contributed by atoms with Crippen molar-refractivity contribution < 1.29 is 13.7 Å². The van der Waals surface area contributed by atoms with Crippen LogP contribution in [0, 0.1) is 12.7 Å². The predicted molar refractivity (Wildman–Crippen MR) is 104 cm³/mol. The number of allylic oxidation sites excluding steroid dienone is 2. The Balaban J connectivity index is 1.64. The third kappa shape index (κ3) is 2.66. The van der Waals surface area contributed by atoms with Crippen LogP contribution in [0.15, 0.2) is 70.4 Å². The molecule has 0 saturated heterocycles. The van der Waals surface area contributed by atoms with Gasteiger partial charge in [0.15, 0.2) is 5.78 Å². The van der Waals surface area contributed by atoms with Gasteiger partial charge in [0, 0.05) is 23.6 Å². The maximum absolute atomic E-state index is 14.0. The Kier molecular flexibility index (Phi) is 3.90. The summed E-state index contributed by atoms with van der Waals surface area (Å²) in [6.45, 7) is 1.85. The molecule has 0 amide bonds. The lowest BCUT2D eigenvalue weighted by molar-refractivity contribution is -0.116. The van der Waals surface area contributed by atoms with E-state index in [9.17, 15) is 9.18 Å². The molecule has 2 aliphatic rings. The summed E-state index contributed by atoms with van der Waals surface area (Å²) in [4.78, 5) is 13.3. The Morgan fingerprint density at radius 1 is 1.07 bits per heavy atom. The smallest absolute Gasteiger partial charge is 0.233 e. The summed E-state index contributed by atoms with van der Waals surface area (Å²) >= 11 is 0. The number of anilines is 1. The summed E-state index contributed by atoms with van der Waals surface area (Å²) in [5.74, 6) is 0.0606. The van der Waals surface area contributed by atoms with E-state index in [1.165, 1.54) is 12.1 Å². The highest BCUT2D eigenvalue weighted by Gasteiger charge is 2.41. The van der Waals surface area contributed by atoms with Gasteiger partial charge in [-0.05, 0) is 42.5 Å². The zero-order chi connectivity index (χ0) is 19.3. The zero-order valence-corrected chi connectivity index (χ0v) is 15.4. The van der Waals surface area contributed by atoms with Crippen molar-refractivity contribution in [1.29, 1.82) is 0 Å². The molecule has 1 aromatic heterocycles. The van der Waals surface area contributed by atoms with Gasteiger partial charge >= 0.3 is 0 Å². The van der Waals surface area contributed by atoms with Gasteiger partial charge in [-0.2, -0.15) is 0 Å². The number of aryl methyl sites for hydroxylation is 1. The normalized spacial score (nSPS) is 21.1. The van der Waals surface area contributed by atoms with Gasteiger partial charge in [-0.3, -0.25) is 4.79 Å². The molecule has 4 nitrogen and oxygen atoms in total. The van der Waals surface area contributed by atoms with E-state index in [1.807, 2.05) is 31.2 Å². The summed E-state index contributed by atoms with van der Waals surface area (Å²) in [5.41, 5.74) is 4.97. The first-order chi connectivity index (χ1) is 13.6. The van der Waals surface area contributed by atoms with Gasteiger partial charge in [0.1, 0.15) is 5.82 Å². The van der Waals surface area contributed by atoms with Crippen LogP contribution in [-0.4, -0.2) is 10.9 Å². The molecular weight excluding hydrogens is 355 g/mol. The Morgan fingerprint density at radius 3 is 2.64 bits per heavy atom. The molecule has 0 unspecified atom stereocenters. The number of fused-ring (bicyclic) bond motifs is 1. The van der Waals surface area contributed by atoms with E-state index in [2.05, 4.69) is 22.6 Å².